The van der Waals surface area contributed by atoms with Gasteiger partial charge in [0.15, 0.2) is 0 Å². The van der Waals surface area contributed by atoms with Crippen molar-refractivity contribution in [2.45, 2.75) is 20.0 Å². The number of aryl methyl sites for hydroxylation is 1. The minimum atomic E-state index is -0.124. The predicted molar refractivity (Wildman–Crippen MR) is 123 cm³/mol. The fourth-order valence-corrected chi connectivity index (χ4v) is 3.28. The Morgan fingerprint density at radius 2 is 2.03 bits per heavy atom. The first-order valence-electron chi connectivity index (χ1n) is 9.52. The highest BCUT2D eigenvalue weighted by Gasteiger charge is 2.13. The summed E-state index contributed by atoms with van der Waals surface area (Å²) < 4.78 is 7.92. The number of rotatable bonds is 6. The lowest BCUT2D eigenvalue weighted by molar-refractivity contribution is 0.0952. The van der Waals surface area contributed by atoms with Crippen molar-refractivity contribution in [1.29, 1.82) is 0 Å². The zero-order valence-electron chi connectivity index (χ0n) is 16.8. The summed E-state index contributed by atoms with van der Waals surface area (Å²) in [6.07, 6.45) is 7.08. The van der Waals surface area contributed by atoms with Crippen LogP contribution in [0.2, 0.25) is 0 Å². The summed E-state index contributed by atoms with van der Waals surface area (Å²) in [5.41, 5.74) is 4.66. The summed E-state index contributed by atoms with van der Waals surface area (Å²) in [6, 6.07) is 11.3. The fraction of sp³-hybridized carbons (Fsp3) is 0.273. The number of carbonyl (C=O) groups excluding carboxylic acids is 1. The van der Waals surface area contributed by atoms with Gasteiger partial charge in [0, 0.05) is 25.5 Å². The molecule has 2 N–H and O–H groups in total. The zero-order chi connectivity index (χ0) is 19.3. The molecule has 3 aromatic rings. The normalized spacial score (nSPS) is 13.0. The quantitative estimate of drug-likeness (QED) is 0.563. The maximum atomic E-state index is 12.6. The van der Waals surface area contributed by atoms with E-state index in [1.54, 1.807) is 6.07 Å². The van der Waals surface area contributed by atoms with E-state index in [1.165, 1.54) is 11.1 Å². The van der Waals surface area contributed by atoms with Crippen molar-refractivity contribution in [3.05, 3.63) is 77.3 Å². The molecule has 0 spiro atoms. The molecule has 2 aromatic heterocycles. The molecule has 160 valence electrons. The maximum Gasteiger partial charge on any atom is 0.255 e. The molecule has 0 fully saturated rings. The van der Waals surface area contributed by atoms with E-state index in [0.717, 1.165) is 30.9 Å². The van der Waals surface area contributed by atoms with Crippen LogP contribution in [-0.4, -0.2) is 34.9 Å². The molecule has 1 aliphatic heterocycles. The molecule has 1 aliphatic rings. The van der Waals surface area contributed by atoms with Crippen LogP contribution in [-0.2, 0) is 6.61 Å². The van der Waals surface area contributed by atoms with E-state index in [-0.39, 0.29) is 30.7 Å². The van der Waals surface area contributed by atoms with Crippen molar-refractivity contribution in [2.75, 3.05) is 19.6 Å². The van der Waals surface area contributed by atoms with Crippen LogP contribution in [0.25, 0.3) is 5.65 Å². The summed E-state index contributed by atoms with van der Waals surface area (Å²) in [5, 5.41) is 6.27. The second kappa shape index (κ2) is 11.0. The van der Waals surface area contributed by atoms with Crippen LogP contribution >= 0.6 is 24.8 Å². The molecule has 0 saturated heterocycles. The molecule has 0 atom stereocenters. The van der Waals surface area contributed by atoms with Crippen LogP contribution in [0, 0.1) is 6.92 Å². The van der Waals surface area contributed by atoms with E-state index < -0.39 is 0 Å². The van der Waals surface area contributed by atoms with Crippen LogP contribution in [0.1, 0.15) is 28.0 Å². The lowest BCUT2D eigenvalue weighted by Gasteiger charge is -2.15. The van der Waals surface area contributed by atoms with E-state index in [1.807, 2.05) is 54.0 Å². The number of ether oxygens (including phenoxy) is 1. The number of aromatic nitrogens is 2. The van der Waals surface area contributed by atoms with Crippen LogP contribution in [0.4, 0.5) is 0 Å². The number of hydrogen-bond donors (Lipinski definition) is 2. The summed E-state index contributed by atoms with van der Waals surface area (Å²) in [6.45, 7) is 4.75. The molecule has 3 heterocycles. The Bertz CT molecular complexity index is 1030. The first-order valence-corrected chi connectivity index (χ1v) is 9.52. The second-order valence-corrected chi connectivity index (χ2v) is 6.99. The minimum absolute atomic E-state index is 0. The smallest absolute Gasteiger partial charge is 0.255 e. The van der Waals surface area contributed by atoms with Crippen molar-refractivity contribution in [2.24, 2.45) is 0 Å². The summed E-state index contributed by atoms with van der Waals surface area (Å²) in [4.78, 5) is 17.2. The van der Waals surface area contributed by atoms with Crippen LogP contribution in [0.3, 0.4) is 0 Å². The van der Waals surface area contributed by atoms with Gasteiger partial charge in [0.05, 0.1) is 11.3 Å². The molecule has 6 nitrogen and oxygen atoms in total. The van der Waals surface area contributed by atoms with Crippen molar-refractivity contribution >= 4 is 36.4 Å². The molecule has 0 radical (unpaired) electrons. The molecule has 4 rings (SSSR count). The number of nitrogens with one attached hydrogen (secondary N) is 2. The van der Waals surface area contributed by atoms with Gasteiger partial charge in [-0.05, 0) is 43.7 Å². The summed E-state index contributed by atoms with van der Waals surface area (Å²) in [5.74, 6) is 0.438. The van der Waals surface area contributed by atoms with Crippen molar-refractivity contribution < 1.29 is 9.53 Å². The molecule has 0 saturated carbocycles. The molecule has 30 heavy (non-hydrogen) atoms. The Morgan fingerprint density at radius 3 is 2.83 bits per heavy atom. The third-order valence-electron chi connectivity index (χ3n) is 4.79. The van der Waals surface area contributed by atoms with Gasteiger partial charge in [0.25, 0.3) is 5.91 Å². The van der Waals surface area contributed by atoms with Crippen LogP contribution in [0.5, 0.6) is 5.75 Å². The lowest BCUT2D eigenvalue weighted by Crippen LogP contribution is -2.29. The van der Waals surface area contributed by atoms with Crippen molar-refractivity contribution in [3.63, 3.8) is 0 Å². The number of imidazole rings is 1. The van der Waals surface area contributed by atoms with Crippen LogP contribution < -0.4 is 15.4 Å². The number of nitrogens with zero attached hydrogens (tertiary/aromatic N) is 2. The van der Waals surface area contributed by atoms with Crippen molar-refractivity contribution in [3.8, 4) is 5.75 Å². The van der Waals surface area contributed by atoms with Crippen LogP contribution in [0.15, 0.2) is 60.4 Å². The Morgan fingerprint density at radius 1 is 1.20 bits per heavy atom. The number of halogens is 2. The maximum absolute atomic E-state index is 12.6. The summed E-state index contributed by atoms with van der Waals surface area (Å²) in [7, 11) is 0. The lowest BCUT2D eigenvalue weighted by atomic mass is 10.1. The molecular formula is C22H26Cl2N4O2. The van der Waals surface area contributed by atoms with Gasteiger partial charge in [-0.15, -0.1) is 24.8 Å². The fourth-order valence-electron chi connectivity index (χ4n) is 3.28. The van der Waals surface area contributed by atoms with Gasteiger partial charge >= 0.3 is 0 Å². The Hall–Kier alpha value is -2.54. The van der Waals surface area contributed by atoms with Gasteiger partial charge in [-0.1, -0.05) is 29.8 Å². The summed E-state index contributed by atoms with van der Waals surface area (Å²) >= 11 is 0. The Kier molecular flexibility index (Phi) is 8.72. The number of carbonyl (C=O) groups is 1. The number of fused-ring (bicyclic) bond motifs is 1. The van der Waals surface area contributed by atoms with Gasteiger partial charge in [0.1, 0.15) is 18.0 Å². The topological polar surface area (TPSA) is 67.7 Å². The first kappa shape index (κ1) is 23.7. The van der Waals surface area contributed by atoms with Gasteiger partial charge in [-0.2, -0.15) is 0 Å². The third kappa shape index (κ3) is 5.75. The van der Waals surface area contributed by atoms with E-state index in [9.17, 15) is 4.79 Å². The molecule has 0 aliphatic carbocycles. The number of pyridine rings is 1. The van der Waals surface area contributed by atoms with Crippen molar-refractivity contribution in [1.82, 2.24) is 20.0 Å². The van der Waals surface area contributed by atoms with Gasteiger partial charge < -0.3 is 19.8 Å². The van der Waals surface area contributed by atoms with E-state index >= 15 is 0 Å². The first-order chi connectivity index (χ1) is 13.7. The third-order valence-corrected chi connectivity index (χ3v) is 4.79. The Labute approximate surface area is 188 Å². The standard InChI is InChI=1S/C22H24N4O2.2ClH/c1-16-6-7-21-25-18(14-26(21)13-16)15-28-20-5-3-2-4-19(20)22(27)24-12-17-8-10-23-11-9-17;;/h2-8,13-14,23H,9-12,15H2,1H3,(H,24,27);2*1H. The second-order valence-electron chi connectivity index (χ2n) is 6.99. The molecule has 8 heteroatoms. The molecule has 0 unspecified atom stereocenters. The zero-order valence-corrected chi connectivity index (χ0v) is 18.4. The minimum Gasteiger partial charge on any atom is -0.486 e. The van der Waals surface area contributed by atoms with E-state index in [2.05, 4.69) is 21.7 Å². The molecule has 0 bridgehead atoms. The number of amides is 1. The molecule has 1 aromatic carbocycles. The highest BCUT2D eigenvalue weighted by Crippen LogP contribution is 2.20. The Balaban J connectivity index is 0.00000160. The van der Waals surface area contributed by atoms with E-state index in [4.69, 9.17) is 4.74 Å². The number of hydrogen-bond acceptors (Lipinski definition) is 4. The monoisotopic (exact) mass is 448 g/mol. The highest BCUT2D eigenvalue weighted by molar-refractivity contribution is 5.97. The average molecular weight is 449 g/mol. The number of benzene rings is 1. The van der Waals surface area contributed by atoms with Gasteiger partial charge in [0.2, 0.25) is 0 Å². The predicted octanol–water partition coefficient (Wildman–Crippen LogP) is 3.71. The molecular weight excluding hydrogens is 423 g/mol. The van der Waals surface area contributed by atoms with E-state index in [0.29, 0.717) is 24.5 Å². The molecule has 1 amide bonds. The van der Waals surface area contributed by atoms with Gasteiger partial charge in [-0.3, -0.25) is 4.79 Å². The van der Waals surface area contributed by atoms with Gasteiger partial charge in [-0.25, -0.2) is 4.98 Å². The number of para-hydroxylation sites is 1. The SMILES string of the molecule is Cc1ccc2nc(COc3ccccc3C(=O)NCC3=CCNCC3)cn2c1.Cl.Cl. The largest absolute Gasteiger partial charge is 0.486 e. The highest BCUT2D eigenvalue weighted by atomic mass is 35.5. The average Bonchev–Trinajstić information content (AvgIpc) is 3.13.